The number of imidazole rings is 1. The first-order valence-electron chi connectivity index (χ1n) is 7.41. The predicted molar refractivity (Wildman–Crippen MR) is 86.3 cm³/mol. The zero-order valence-electron chi connectivity index (χ0n) is 13.5. The molecular weight excluding hydrogens is 318 g/mol. The van der Waals surface area contributed by atoms with Gasteiger partial charge < -0.3 is 9.72 Å². The molecule has 0 bridgehead atoms. The van der Waals surface area contributed by atoms with E-state index in [0.717, 1.165) is 17.1 Å². The van der Waals surface area contributed by atoms with E-state index in [0.29, 0.717) is 23.3 Å². The summed E-state index contributed by atoms with van der Waals surface area (Å²) in [5, 5.41) is 0. The standard InChI is InChI=1S/C15H21N3O4S/c1-4-5-6-15(19)22-10-14-16-12-8-7-11(9-13(12)17-14)23(20,21)18(2)3/h7-9H,4-6,10H2,1-3H3,(H,16,17). The van der Waals surface area contributed by atoms with E-state index in [1.807, 2.05) is 6.92 Å². The molecule has 7 nitrogen and oxygen atoms in total. The molecule has 23 heavy (non-hydrogen) atoms. The van der Waals surface area contributed by atoms with Crippen LogP contribution in [0.25, 0.3) is 11.0 Å². The van der Waals surface area contributed by atoms with Crippen LogP contribution in [-0.2, 0) is 26.2 Å². The summed E-state index contributed by atoms with van der Waals surface area (Å²) in [6.45, 7) is 2.05. The summed E-state index contributed by atoms with van der Waals surface area (Å²) in [6, 6.07) is 4.67. The Balaban J connectivity index is 2.15. The van der Waals surface area contributed by atoms with Crippen LogP contribution in [0, 0.1) is 0 Å². The Morgan fingerprint density at radius 3 is 2.74 bits per heavy atom. The smallest absolute Gasteiger partial charge is 0.306 e. The fraction of sp³-hybridized carbons (Fsp3) is 0.467. The highest BCUT2D eigenvalue weighted by Crippen LogP contribution is 2.19. The molecule has 0 amide bonds. The number of carbonyl (C=O) groups is 1. The van der Waals surface area contributed by atoms with Crippen molar-refractivity contribution in [2.45, 2.75) is 37.7 Å². The number of aromatic nitrogens is 2. The van der Waals surface area contributed by atoms with Gasteiger partial charge in [-0.05, 0) is 24.6 Å². The molecule has 0 saturated heterocycles. The SMILES string of the molecule is CCCCC(=O)OCc1nc2ccc(S(=O)(=O)N(C)C)cc2[nH]1. The van der Waals surface area contributed by atoms with Gasteiger partial charge in [-0.1, -0.05) is 13.3 Å². The maximum Gasteiger partial charge on any atom is 0.306 e. The third-order valence-electron chi connectivity index (χ3n) is 3.39. The molecule has 1 aromatic carbocycles. The lowest BCUT2D eigenvalue weighted by atomic mass is 10.2. The summed E-state index contributed by atoms with van der Waals surface area (Å²) in [5.41, 5.74) is 1.22. The van der Waals surface area contributed by atoms with Crippen molar-refractivity contribution < 1.29 is 17.9 Å². The topological polar surface area (TPSA) is 92.4 Å². The lowest BCUT2D eigenvalue weighted by Crippen LogP contribution is -2.22. The van der Waals surface area contributed by atoms with Gasteiger partial charge in [0.05, 0.1) is 15.9 Å². The lowest BCUT2D eigenvalue weighted by molar-refractivity contribution is -0.145. The number of nitrogens with zero attached hydrogens (tertiary/aromatic N) is 2. The largest absolute Gasteiger partial charge is 0.458 e. The van der Waals surface area contributed by atoms with Gasteiger partial charge in [0.15, 0.2) is 0 Å². The summed E-state index contributed by atoms with van der Waals surface area (Å²) in [6.07, 6.45) is 2.12. The highest BCUT2D eigenvalue weighted by molar-refractivity contribution is 7.89. The second kappa shape index (κ2) is 7.10. The van der Waals surface area contributed by atoms with Crippen LogP contribution in [-0.4, -0.2) is 42.8 Å². The molecule has 2 rings (SSSR count). The van der Waals surface area contributed by atoms with Gasteiger partial charge in [-0.3, -0.25) is 4.79 Å². The first kappa shape index (κ1) is 17.4. The van der Waals surface area contributed by atoms with Crippen LogP contribution in [0.5, 0.6) is 0 Å². The molecule has 0 aliphatic rings. The maximum atomic E-state index is 12.1. The zero-order chi connectivity index (χ0) is 17.0. The first-order valence-corrected chi connectivity index (χ1v) is 8.85. The molecular formula is C15H21N3O4S. The van der Waals surface area contributed by atoms with E-state index in [2.05, 4.69) is 9.97 Å². The number of unbranched alkanes of at least 4 members (excludes halogenated alkanes) is 1. The van der Waals surface area contributed by atoms with Crippen molar-refractivity contribution in [3.05, 3.63) is 24.0 Å². The first-order chi connectivity index (χ1) is 10.8. The molecule has 2 aromatic rings. The Hall–Kier alpha value is -1.93. The molecule has 1 heterocycles. The number of hydrogen-bond donors (Lipinski definition) is 1. The van der Waals surface area contributed by atoms with Gasteiger partial charge in [0.1, 0.15) is 12.4 Å². The average Bonchev–Trinajstić information content (AvgIpc) is 2.92. The van der Waals surface area contributed by atoms with Gasteiger partial charge in [0.25, 0.3) is 0 Å². The predicted octanol–water partition coefficient (Wildman–Crippen LogP) is 2.05. The number of ether oxygens (including phenoxy) is 1. The van der Waals surface area contributed by atoms with Crippen molar-refractivity contribution in [3.8, 4) is 0 Å². The molecule has 0 spiro atoms. The van der Waals surface area contributed by atoms with E-state index in [4.69, 9.17) is 4.74 Å². The van der Waals surface area contributed by atoms with Crippen molar-refractivity contribution in [3.63, 3.8) is 0 Å². The number of sulfonamides is 1. The van der Waals surface area contributed by atoms with Crippen LogP contribution in [0.2, 0.25) is 0 Å². The second-order valence-electron chi connectivity index (χ2n) is 5.41. The molecule has 1 aromatic heterocycles. The summed E-state index contributed by atoms with van der Waals surface area (Å²) >= 11 is 0. The number of hydrogen-bond acceptors (Lipinski definition) is 5. The Bertz CT molecular complexity index is 796. The van der Waals surface area contributed by atoms with Crippen molar-refractivity contribution in [2.24, 2.45) is 0 Å². The van der Waals surface area contributed by atoms with E-state index < -0.39 is 10.0 Å². The fourth-order valence-electron chi connectivity index (χ4n) is 2.02. The van der Waals surface area contributed by atoms with Gasteiger partial charge >= 0.3 is 5.97 Å². The number of nitrogens with one attached hydrogen (secondary N) is 1. The number of esters is 1. The second-order valence-corrected chi connectivity index (χ2v) is 7.57. The molecule has 0 aliphatic carbocycles. The van der Waals surface area contributed by atoms with Crippen LogP contribution in [0.4, 0.5) is 0 Å². The number of rotatable bonds is 7. The van der Waals surface area contributed by atoms with Gasteiger partial charge in [0, 0.05) is 20.5 Å². The van der Waals surface area contributed by atoms with Crippen LogP contribution in [0.1, 0.15) is 32.0 Å². The average molecular weight is 339 g/mol. The summed E-state index contributed by atoms with van der Waals surface area (Å²) < 4.78 is 30.5. The van der Waals surface area contributed by atoms with Crippen LogP contribution in [0.15, 0.2) is 23.1 Å². The van der Waals surface area contributed by atoms with E-state index in [-0.39, 0.29) is 17.5 Å². The van der Waals surface area contributed by atoms with Crippen LogP contribution < -0.4 is 0 Å². The zero-order valence-corrected chi connectivity index (χ0v) is 14.3. The molecule has 0 atom stereocenters. The van der Waals surface area contributed by atoms with Gasteiger partial charge in [-0.15, -0.1) is 0 Å². The van der Waals surface area contributed by atoms with Crippen molar-refractivity contribution in [1.29, 1.82) is 0 Å². The molecule has 0 unspecified atom stereocenters. The minimum absolute atomic E-state index is 0.0486. The van der Waals surface area contributed by atoms with Crippen molar-refractivity contribution in [2.75, 3.05) is 14.1 Å². The Kier molecular flexibility index (Phi) is 5.38. The normalized spacial score (nSPS) is 12.0. The van der Waals surface area contributed by atoms with Crippen molar-refractivity contribution >= 4 is 27.0 Å². The third kappa shape index (κ3) is 4.08. The van der Waals surface area contributed by atoms with Gasteiger partial charge in [-0.25, -0.2) is 17.7 Å². The molecule has 8 heteroatoms. The quantitative estimate of drug-likeness (QED) is 0.779. The molecule has 0 saturated carbocycles. The van der Waals surface area contributed by atoms with Gasteiger partial charge in [-0.2, -0.15) is 0 Å². The maximum absolute atomic E-state index is 12.1. The number of aromatic amines is 1. The fourth-order valence-corrected chi connectivity index (χ4v) is 2.95. The van der Waals surface area contributed by atoms with Gasteiger partial charge in [0.2, 0.25) is 10.0 Å². The molecule has 1 N–H and O–H groups in total. The number of fused-ring (bicyclic) bond motifs is 1. The van der Waals surface area contributed by atoms with Crippen molar-refractivity contribution in [1.82, 2.24) is 14.3 Å². The Morgan fingerprint density at radius 2 is 2.09 bits per heavy atom. The Labute approximate surface area is 135 Å². The lowest BCUT2D eigenvalue weighted by Gasteiger charge is -2.10. The van der Waals surface area contributed by atoms with E-state index in [1.54, 1.807) is 6.07 Å². The highest BCUT2D eigenvalue weighted by atomic mass is 32.2. The summed E-state index contributed by atoms with van der Waals surface area (Å²) in [5.74, 6) is 0.229. The third-order valence-corrected chi connectivity index (χ3v) is 5.20. The Morgan fingerprint density at radius 1 is 1.35 bits per heavy atom. The number of benzene rings is 1. The number of H-pyrrole nitrogens is 1. The number of carbonyl (C=O) groups excluding carboxylic acids is 1. The highest BCUT2D eigenvalue weighted by Gasteiger charge is 2.18. The summed E-state index contributed by atoms with van der Waals surface area (Å²) in [4.78, 5) is 19.0. The summed E-state index contributed by atoms with van der Waals surface area (Å²) in [7, 11) is -0.535. The molecule has 0 radical (unpaired) electrons. The monoisotopic (exact) mass is 339 g/mol. The van der Waals surface area contributed by atoms with E-state index >= 15 is 0 Å². The molecule has 0 aliphatic heterocycles. The minimum atomic E-state index is -3.49. The van der Waals surface area contributed by atoms with E-state index in [1.165, 1.54) is 26.2 Å². The molecule has 0 fully saturated rings. The molecule has 126 valence electrons. The van der Waals surface area contributed by atoms with Crippen LogP contribution in [0.3, 0.4) is 0 Å². The van der Waals surface area contributed by atoms with E-state index in [9.17, 15) is 13.2 Å². The van der Waals surface area contributed by atoms with Crippen LogP contribution >= 0.6 is 0 Å². The minimum Gasteiger partial charge on any atom is -0.458 e.